The average Bonchev–Trinajstić information content (AvgIpc) is 2.55. The first-order valence-corrected chi connectivity index (χ1v) is 7.12. The highest BCUT2D eigenvalue weighted by atomic mass is 79.9. The summed E-state index contributed by atoms with van der Waals surface area (Å²) in [7, 11) is 0. The molecule has 0 aliphatic carbocycles. The summed E-state index contributed by atoms with van der Waals surface area (Å²) in [4.78, 5) is 12.0. The molecule has 0 radical (unpaired) electrons. The second-order valence-electron chi connectivity index (χ2n) is 5.08. The Labute approximate surface area is 117 Å². The number of amides is 1. The maximum Gasteiger partial charge on any atom is 0.244 e. The van der Waals surface area contributed by atoms with Gasteiger partial charge in [-0.2, -0.15) is 5.10 Å². The van der Waals surface area contributed by atoms with E-state index in [0.717, 1.165) is 28.8 Å². The number of nitrogens with zero attached hydrogens (tertiary/aromatic N) is 2. The fourth-order valence-corrected chi connectivity index (χ4v) is 2.02. The van der Waals surface area contributed by atoms with Gasteiger partial charge in [-0.05, 0) is 49.0 Å². The normalized spacial score (nSPS) is 12.8. The van der Waals surface area contributed by atoms with Gasteiger partial charge in [-0.3, -0.25) is 9.48 Å². The molecule has 1 N–H and O–H groups in total. The van der Waals surface area contributed by atoms with Crippen LogP contribution in [0.2, 0.25) is 0 Å². The summed E-state index contributed by atoms with van der Waals surface area (Å²) in [5.41, 5.74) is 1.90. The van der Waals surface area contributed by atoms with Crippen LogP contribution < -0.4 is 5.32 Å². The molecular formula is C13H22BrN3O. The van der Waals surface area contributed by atoms with Crippen molar-refractivity contribution >= 4 is 21.8 Å². The van der Waals surface area contributed by atoms with E-state index in [1.165, 1.54) is 0 Å². The standard InChI is InChI=1S/C13H22BrN3O/c1-8(2)6-7-15-13(18)11(5)17-10(4)12(14)9(3)16-17/h8,11H,6-7H2,1-5H3,(H,15,18). The molecule has 0 fully saturated rings. The Morgan fingerprint density at radius 2 is 2.00 bits per heavy atom. The van der Waals surface area contributed by atoms with Crippen molar-refractivity contribution in [1.29, 1.82) is 0 Å². The van der Waals surface area contributed by atoms with Crippen LogP contribution in [0.1, 0.15) is 44.6 Å². The molecule has 4 nitrogen and oxygen atoms in total. The SMILES string of the molecule is Cc1nn(C(C)C(=O)NCCC(C)C)c(C)c1Br. The average molecular weight is 316 g/mol. The van der Waals surface area contributed by atoms with Crippen molar-refractivity contribution in [2.24, 2.45) is 5.92 Å². The number of carbonyl (C=O) groups excluding carboxylic acids is 1. The van der Waals surface area contributed by atoms with E-state index < -0.39 is 0 Å². The summed E-state index contributed by atoms with van der Waals surface area (Å²) in [6.07, 6.45) is 0.999. The van der Waals surface area contributed by atoms with Crippen LogP contribution in [-0.4, -0.2) is 22.2 Å². The number of rotatable bonds is 5. The van der Waals surface area contributed by atoms with Crippen LogP contribution in [0.5, 0.6) is 0 Å². The molecule has 1 aromatic rings. The first kappa shape index (κ1) is 15.2. The molecular weight excluding hydrogens is 294 g/mol. The molecule has 1 rings (SSSR count). The minimum atomic E-state index is -0.276. The predicted molar refractivity (Wildman–Crippen MR) is 76.6 cm³/mol. The number of aryl methyl sites for hydroxylation is 1. The maximum absolute atomic E-state index is 12.0. The summed E-state index contributed by atoms with van der Waals surface area (Å²) < 4.78 is 2.74. The Morgan fingerprint density at radius 1 is 1.39 bits per heavy atom. The zero-order valence-electron chi connectivity index (χ0n) is 11.7. The molecule has 18 heavy (non-hydrogen) atoms. The Hall–Kier alpha value is -0.840. The van der Waals surface area contributed by atoms with Crippen LogP contribution in [-0.2, 0) is 4.79 Å². The topological polar surface area (TPSA) is 46.9 Å². The zero-order valence-corrected chi connectivity index (χ0v) is 13.3. The molecule has 5 heteroatoms. The van der Waals surface area contributed by atoms with Crippen LogP contribution in [0.4, 0.5) is 0 Å². The van der Waals surface area contributed by atoms with Crippen molar-refractivity contribution in [2.45, 2.75) is 47.1 Å². The fraction of sp³-hybridized carbons (Fsp3) is 0.692. The van der Waals surface area contributed by atoms with Gasteiger partial charge in [0, 0.05) is 6.54 Å². The fourth-order valence-electron chi connectivity index (χ4n) is 1.76. The number of hydrogen-bond acceptors (Lipinski definition) is 2. The summed E-state index contributed by atoms with van der Waals surface area (Å²) in [6, 6.07) is -0.276. The van der Waals surface area contributed by atoms with E-state index in [2.05, 4.69) is 40.2 Å². The highest BCUT2D eigenvalue weighted by molar-refractivity contribution is 9.10. The summed E-state index contributed by atoms with van der Waals surface area (Å²) in [6.45, 7) is 10.8. The Morgan fingerprint density at radius 3 is 2.44 bits per heavy atom. The van der Waals surface area contributed by atoms with Crippen LogP contribution in [0, 0.1) is 19.8 Å². The molecule has 1 aromatic heterocycles. The highest BCUT2D eigenvalue weighted by Gasteiger charge is 2.19. The number of nitrogens with one attached hydrogen (secondary N) is 1. The summed E-state index contributed by atoms with van der Waals surface area (Å²) in [5, 5.41) is 7.34. The molecule has 0 bridgehead atoms. The lowest BCUT2D eigenvalue weighted by Gasteiger charge is -2.15. The molecule has 0 aromatic carbocycles. The van der Waals surface area contributed by atoms with Gasteiger partial charge in [0.1, 0.15) is 6.04 Å². The van der Waals surface area contributed by atoms with E-state index in [-0.39, 0.29) is 11.9 Å². The maximum atomic E-state index is 12.0. The smallest absolute Gasteiger partial charge is 0.244 e. The highest BCUT2D eigenvalue weighted by Crippen LogP contribution is 2.22. The third kappa shape index (κ3) is 3.57. The van der Waals surface area contributed by atoms with E-state index in [0.29, 0.717) is 5.92 Å². The molecule has 0 saturated heterocycles. The third-order valence-electron chi connectivity index (χ3n) is 3.00. The Bertz CT molecular complexity index is 426. The second kappa shape index (κ2) is 6.36. The number of aromatic nitrogens is 2. The van der Waals surface area contributed by atoms with Gasteiger partial charge in [0.15, 0.2) is 0 Å². The molecule has 102 valence electrons. The van der Waals surface area contributed by atoms with Gasteiger partial charge in [0.25, 0.3) is 0 Å². The number of carbonyl (C=O) groups is 1. The molecule has 0 aliphatic rings. The molecule has 1 amide bonds. The van der Waals surface area contributed by atoms with Crippen LogP contribution in [0.15, 0.2) is 4.47 Å². The van der Waals surface area contributed by atoms with Crippen LogP contribution in [0.25, 0.3) is 0 Å². The van der Waals surface area contributed by atoms with E-state index in [1.807, 2.05) is 20.8 Å². The second-order valence-corrected chi connectivity index (χ2v) is 5.87. The Kier molecular flexibility index (Phi) is 5.38. The van der Waals surface area contributed by atoms with Crippen LogP contribution in [0.3, 0.4) is 0 Å². The third-order valence-corrected chi connectivity index (χ3v) is 4.15. The van der Waals surface area contributed by atoms with Gasteiger partial charge < -0.3 is 5.32 Å². The van der Waals surface area contributed by atoms with E-state index in [4.69, 9.17) is 0 Å². The lowest BCUT2D eigenvalue weighted by molar-refractivity contribution is -0.124. The zero-order chi connectivity index (χ0) is 13.9. The first-order valence-electron chi connectivity index (χ1n) is 6.33. The van der Waals surface area contributed by atoms with Crippen molar-refractivity contribution in [2.75, 3.05) is 6.54 Å². The van der Waals surface area contributed by atoms with Crippen molar-refractivity contribution in [3.8, 4) is 0 Å². The number of halogens is 1. The van der Waals surface area contributed by atoms with Gasteiger partial charge in [0.05, 0.1) is 15.9 Å². The Balaban J connectivity index is 2.66. The van der Waals surface area contributed by atoms with E-state index in [1.54, 1.807) is 4.68 Å². The lowest BCUT2D eigenvalue weighted by Crippen LogP contribution is -2.33. The van der Waals surface area contributed by atoms with Gasteiger partial charge in [-0.15, -0.1) is 0 Å². The van der Waals surface area contributed by atoms with Crippen LogP contribution >= 0.6 is 15.9 Å². The molecule has 1 unspecified atom stereocenters. The molecule has 0 saturated carbocycles. The van der Waals surface area contributed by atoms with E-state index in [9.17, 15) is 4.79 Å². The summed E-state index contributed by atoms with van der Waals surface area (Å²) in [5.74, 6) is 0.622. The lowest BCUT2D eigenvalue weighted by atomic mass is 10.1. The molecule has 0 spiro atoms. The largest absolute Gasteiger partial charge is 0.354 e. The molecule has 0 aliphatic heterocycles. The predicted octanol–water partition coefficient (Wildman–Crippen LogP) is 2.99. The minimum Gasteiger partial charge on any atom is -0.354 e. The molecule has 1 heterocycles. The number of hydrogen-bond donors (Lipinski definition) is 1. The van der Waals surface area contributed by atoms with Crippen molar-refractivity contribution in [1.82, 2.24) is 15.1 Å². The minimum absolute atomic E-state index is 0.0220. The first-order chi connectivity index (χ1) is 8.34. The monoisotopic (exact) mass is 315 g/mol. The van der Waals surface area contributed by atoms with Crippen molar-refractivity contribution < 1.29 is 4.79 Å². The van der Waals surface area contributed by atoms with Crippen molar-refractivity contribution in [3.05, 3.63) is 15.9 Å². The quantitative estimate of drug-likeness (QED) is 0.908. The van der Waals surface area contributed by atoms with E-state index >= 15 is 0 Å². The van der Waals surface area contributed by atoms with Gasteiger partial charge in [0.2, 0.25) is 5.91 Å². The van der Waals surface area contributed by atoms with Crippen molar-refractivity contribution in [3.63, 3.8) is 0 Å². The van der Waals surface area contributed by atoms with Gasteiger partial charge >= 0.3 is 0 Å². The van der Waals surface area contributed by atoms with Gasteiger partial charge in [-0.1, -0.05) is 13.8 Å². The summed E-state index contributed by atoms with van der Waals surface area (Å²) >= 11 is 3.47. The molecule has 1 atom stereocenters. The van der Waals surface area contributed by atoms with Gasteiger partial charge in [-0.25, -0.2) is 0 Å².